The summed E-state index contributed by atoms with van der Waals surface area (Å²) in [5, 5.41) is 10.9. The molecule has 0 saturated heterocycles. The van der Waals surface area contributed by atoms with Gasteiger partial charge in [0.05, 0.1) is 6.61 Å². The van der Waals surface area contributed by atoms with Gasteiger partial charge in [-0.3, -0.25) is 0 Å². The lowest BCUT2D eigenvalue weighted by molar-refractivity contribution is 0.0689. The van der Waals surface area contributed by atoms with Crippen LogP contribution in [0.2, 0.25) is 0 Å². The highest BCUT2D eigenvalue weighted by Gasteiger charge is 2.15. The molecule has 0 atom stereocenters. The molecule has 0 radical (unpaired) electrons. The molecular weight excluding hydrogens is 244 g/mol. The van der Waals surface area contributed by atoms with Gasteiger partial charge >= 0.3 is 5.97 Å². The Hall–Kier alpha value is -2.07. The van der Waals surface area contributed by atoms with Gasteiger partial charge in [-0.1, -0.05) is 30.3 Å². The highest BCUT2D eigenvalue weighted by Crippen LogP contribution is 2.28. The Bertz CT molecular complexity index is 577. The van der Waals surface area contributed by atoms with Crippen molar-refractivity contribution >= 4 is 16.7 Å². The van der Waals surface area contributed by atoms with Crippen LogP contribution in [0.15, 0.2) is 36.4 Å². The Balaban J connectivity index is 2.32. The van der Waals surface area contributed by atoms with Crippen LogP contribution in [0.5, 0.6) is 5.75 Å². The molecule has 0 aliphatic heterocycles. The number of hydrogen-bond acceptors (Lipinski definition) is 3. The van der Waals surface area contributed by atoms with E-state index in [0.717, 1.165) is 5.39 Å². The maximum atomic E-state index is 11.4. The normalized spacial score (nSPS) is 10.6. The van der Waals surface area contributed by atoms with Gasteiger partial charge in [0.15, 0.2) is 0 Å². The van der Waals surface area contributed by atoms with Crippen molar-refractivity contribution in [2.75, 3.05) is 19.8 Å². The standard InChI is InChI=1S/C15H16O4/c1-2-18-9-10-19-13-8-7-11-5-3-4-6-12(11)14(13)15(16)17/h3-8H,2,9-10H2,1H3,(H,16,17). The molecule has 0 spiro atoms. The summed E-state index contributed by atoms with van der Waals surface area (Å²) >= 11 is 0. The zero-order chi connectivity index (χ0) is 13.7. The number of benzene rings is 2. The summed E-state index contributed by atoms with van der Waals surface area (Å²) < 4.78 is 10.7. The van der Waals surface area contributed by atoms with E-state index in [4.69, 9.17) is 9.47 Å². The molecular formula is C15H16O4. The summed E-state index contributed by atoms with van der Waals surface area (Å²) in [4.78, 5) is 11.4. The fraction of sp³-hybridized carbons (Fsp3) is 0.267. The predicted octanol–water partition coefficient (Wildman–Crippen LogP) is 2.95. The molecule has 0 bridgehead atoms. The molecule has 19 heavy (non-hydrogen) atoms. The Morgan fingerprint density at radius 1 is 1.16 bits per heavy atom. The first-order chi connectivity index (χ1) is 9.24. The quantitative estimate of drug-likeness (QED) is 0.811. The van der Waals surface area contributed by atoms with Gasteiger partial charge < -0.3 is 14.6 Å². The summed E-state index contributed by atoms with van der Waals surface area (Å²) in [7, 11) is 0. The molecule has 0 saturated carbocycles. The van der Waals surface area contributed by atoms with Gasteiger partial charge in [-0.25, -0.2) is 4.79 Å². The Morgan fingerprint density at radius 2 is 1.95 bits per heavy atom. The number of ether oxygens (including phenoxy) is 2. The van der Waals surface area contributed by atoms with Crippen LogP contribution in [0.1, 0.15) is 17.3 Å². The highest BCUT2D eigenvalue weighted by atomic mass is 16.5. The van der Waals surface area contributed by atoms with Crippen LogP contribution in [-0.4, -0.2) is 30.9 Å². The van der Waals surface area contributed by atoms with Crippen molar-refractivity contribution in [3.05, 3.63) is 42.0 Å². The third-order valence-electron chi connectivity index (χ3n) is 2.79. The zero-order valence-corrected chi connectivity index (χ0v) is 10.8. The van der Waals surface area contributed by atoms with Crippen molar-refractivity contribution in [1.29, 1.82) is 0 Å². The molecule has 0 heterocycles. The third-order valence-corrected chi connectivity index (χ3v) is 2.79. The maximum Gasteiger partial charge on any atom is 0.340 e. The molecule has 2 rings (SSSR count). The van der Waals surface area contributed by atoms with Crippen LogP contribution in [0.25, 0.3) is 10.8 Å². The molecule has 4 nitrogen and oxygen atoms in total. The van der Waals surface area contributed by atoms with Crippen LogP contribution in [0.3, 0.4) is 0 Å². The summed E-state index contributed by atoms with van der Waals surface area (Å²) in [5.41, 5.74) is 0.203. The molecule has 0 unspecified atom stereocenters. The summed E-state index contributed by atoms with van der Waals surface area (Å²) in [6.07, 6.45) is 0. The molecule has 0 amide bonds. The van der Waals surface area contributed by atoms with Crippen molar-refractivity contribution in [1.82, 2.24) is 0 Å². The molecule has 0 aromatic heterocycles. The molecule has 0 aliphatic rings. The fourth-order valence-electron chi connectivity index (χ4n) is 1.95. The smallest absolute Gasteiger partial charge is 0.340 e. The number of carboxylic acids is 1. The molecule has 1 N–H and O–H groups in total. The SMILES string of the molecule is CCOCCOc1ccc2ccccc2c1C(=O)O. The number of rotatable bonds is 6. The minimum atomic E-state index is -0.983. The minimum absolute atomic E-state index is 0.203. The first-order valence-electron chi connectivity index (χ1n) is 6.19. The van der Waals surface area contributed by atoms with Crippen LogP contribution in [0, 0.1) is 0 Å². The van der Waals surface area contributed by atoms with E-state index in [1.165, 1.54) is 0 Å². The summed E-state index contributed by atoms with van der Waals surface area (Å²) in [6, 6.07) is 10.9. The van der Waals surface area contributed by atoms with Gasteiger partial charge in [-0.2, -0.15) is 0 Å². The van der Waals surface area contributed by atoms with Crippen molar-refractivity contribution in [3.63, 3.8) is 0 Å². The molecule has 100 valence electrons. The average molecular weight is 260 g/mol. The van der Waals surface area contributed by atoms with Crippen molar-refractivity contribution in [2.24, 2.45) is 0 Å². The lowest BCUT2D eigenvalue weighted by Crippen LogP contribution is -2.09. The van der Waals surface area contributed by atoms with Gasteiger partial charge in [0, 0.05) is 6.61 Å². The van der Waals surface area contributed by atoms with E-state index < -0.39 is 5.97 Å². The minimum Gasteiger partial charge on any atom is -0.490 e. The largest absolute Gasteiger partial charge is 0.490 e. The second-order valence-corrected chi connectivity index (χ2v) is 4.01. The van der Waals surface area contributed by atoms with E-state index in [0.29, 0.717) is 31.0 Å². The monoisotopic (exact) mass is 260 g/mol. The number of carboxylic acid groups (broad SMARTS) is 1. The lowest BCUT2D eigenvalue weighted by atomic mass is 10.0. The Labute approximate surface area is 111 Å². The van der Waals surface area contributed by atoms with Crippen LogP contribution < -0.4 is 4.74 Å². The van der Waals surface area contributed by atoms with Crippen LogP contribution in [-0.2, 0) is 4.74 Å². The van der Waals surface area contributed by atoms with E-state index in [9.17, 15) is 9.90 Å². The van der Waals surface area contributed by atoms with Gasteiger partial charge in [0.2, 0.25) is 0 Å². The van der Waals surface area contributed by atoms with Crippen molar-refractivity contribution in [2.45, 2.75) is 6.92 Å². The van der Waals surface area contributed by atoms with E-state index >= 15 is 0 Å². The van der Waals surface area contributed by atoms with E-state index in [1.807, 2.05) is 31.2 Å². The second kappa shape index (κ2) is 6.20. The van der Waals surface area contributed by atoms with Crippen molar-refractivity contribution < 1.29 is 19.4 Å². The molecule has 0 fully saturated rings. The molecule has 4 heteroatoms. The fourth-order valence-corrected chi connectivity index (χ4v) is 1.95. The average Bonchev–Trinajstić information content (AvgIpc) is 2.42. The van der Waals surface area contributed by atoms with E-state index in [2.05, 4.69) is 0 Å². The number of carbonyl (C=O) groups is 1. The number of aromatic carboxylic acids is 1. The van der Waals surface area contributed by atoms with Gasteiger partial charge in [0.1, 0.15) is 17.9 Å². The Morgan fingerprint density at radius 3 is 2.68 bits per heavy atom. The summed E-state index contributed by atoms with van der Waals surface area (Å²) in [5.74, 6) is -0.603. The molecule has 0 aliphatic carbocycles. The maximum absolute atomic E-state index is 11.4. The van der Waals surface area contributed by atoms with E-state index in [-0.39, 0.29) is 5.56 Å². The van der Waals surface area contributed by atoms with Crippen molar-refractivity contribution in [3.8, 4) is 5.75 Å². The molecule has 2 aromatic carbocycles. The Kier molecular flexibility index (Phi) is 4.36. The highest BCUT2D eigenvalue weighted by molar-refractivity contribution is 6.06. The summed E-state index contributed by atoms with van der Waals surface area (Å²) in [6.45, 7) is 3.31. The number of hydrogen-bond donors (Lipinski definition) is 1. The first kappa shape index (κ1) is 13.4. The van der Waals surface area contributed by atoms with E-state index in [1.54, 1.807) is 12.1 Å². The first-order valence-corrected chi connectivity index (χ1v) is 6.19. The van der Waals surface area contributed by atoms with Crippen LogP contribution in [0.4, 0.5) is 0 Å². The topological polar surface area (TPSA) is 55.8 Å². The lowest BCUT2D eigenvalue weighted by Gasteiger charge is -2.11. The van der Waals surface area contributed by atoms with Gasteiger partial charge in [-0.15, -0.1) is 0 Å². The van der Waals surface area contributed by atoms with Crippen LogP contribution >= 0.6 is 0 Å². The second-order valence-electron chi connectivity index (χ2n) is 4.01. The van der Waals surface area contributed by atoms with Gasteiger partial charge in [0.25, 0.3) is 0 Å². The molecule has 2 aromatic rings. The predicted molar refractivity (Wildman–Crippen MR) is 72.9 cm³/mol. The zero-order valence-electron chi connectivity index (χ0n) is 10.8. The van der Waals surface area contributed by atoms with Gasteiger partial charge in [-0.05, 0) is 23.8 Å². The third kappa shape index (κ3) is 3.03. The number of fused-ring (bicyclic) bond motifs is 1.